The van der Waals surface area contributed by atoms with E-state index in [4.69, 9.17) is 0 Å². The van der Waals surface area contributed by atoms with E-state index in [0.717, 1.165) is 24.1 Å². The topological polar surface area (TPSA) is 102 Å². The fraction of sp³-hybridized carbons (Fsp3) is 0.238. The fourth-order valence-corrected chi connectivity index (χ4v) is 3.05. The fourth-order valence-electron chi connectivity index (χ4n) is 3.05. The van der Waals surface area contributed by atoms with Crippen LogP contribution in [0, 0.1) is 10.1 Å². The Bertz CT molecular complexity index is 1010. The van der Waals surface area contributed by atoms with E-state index in [1.54, 1.807) is 23.0 Å². The molecule has 0 saturated heterocycles. The number of nitro benzene ring substituents is 1. The van der Waals surface area contributed by atoms with Crippen molar-refractivity contribution in [3.05, 3.63) is 82.2 Å². The van der Waals surface area contributed by atoms with Gasteiger partial charge in [-0.05, 0) is 55.2 Å². The van der Waals surface area contributed by atoms with Gasteiger partial charge < -0.3 is 10.6 Å². The molecule has 1 fully saturated rings. The van der Waals surface area contributed by atoms with Crippen molar-refractivity contribution in [2.24, 2.45) is 0 Å². The highest BCUT2D eigenvalue weighted by molar-refractivity contribution is 5.95. The Balaban J connectivity index is 1.34. The average molecular weight is 391 g/mol. The lowest BCUT2D eigenvalue weighted by atomic mass is 10.1. The second kappa shape index (κ2) is 8.14. The molecule has 4 rings (SSSR count). The van der Waals surface area contributed by atoms with Crippen LogP contribution in [0.3, 0.4) is 0 Å². The standard InChI is InChI=1S/C21H21N5O3/c27-21(16-4-9-19(24-17-5-6-17)20(14-16)26(28)29)22-12-10-15-2-7-18(8-3-15)25-13-1-11-23-25/h1-4,7-9,11,13-14,17,24H,5-6,10,12H2,(H,22,27). The summed E-state index contributed by atoms with van der Waals surface area (Å²) in [5.41, 5.74) is 2.73. The zero-order chi connectivity index (χ0) is 20.2. The minimum atomic E-state index is -0.456. The summed E-state index contributed by atoms with van der Waals surface area (Å²) < 4.78 is 1.78. The van der Waals surface area contributed by atoms with Gasteiger partial charge in [0.15, 0.2) is 0 Å². The zero-order valence-corrected chi connectivity index (χ0v) is 15.7. The summed E-state index contributed by atoms with van der Waals surface area (Å²) in [5.74, 6) is -0.320. The zero-order valence-electron chi connectivity index (χ0n) is 15.7. The minimum Gasteiger partial charge on any atom is -0.377 e. The van der Waals surface area contributed by atoms with Gasteiger partial charge in [0.2, 0.25) is 0 Å². The summed E-state index contributed by atoms with van der Waals surface area (Å²) in [6, 6.07) is 14.6. The highest BCUT2D eigenvalue weighted by Crippen LogP contribution is 2.31. The first-order chi connectivity index (χ1) is 14.1. The lowest BCUT2D eigenvalue weighted by Gasteiger charge is -2.09. The van der Waals surface area contributed by atoms with Crippen LogP contribution >= 0.6 is 0 Å². The third-order valence-corrected chi connectivity index (χ3v) is 4.80. The Labute approximate surface area is 167 Å². The van der Waals surface area contributed by atoms with Gasteiger partial charge in [0.05, 0.1) is 10.6 Å². The molecule has 8 nitrogen and oxygen atoms in total. The molecule has 0 aliphatic heterocycles. The summed E-state index contributed by atoms with van der Waals surface area (Å²) in [5, 5.41) is 21.5. The molecule has 1 aromatic heterocycles. The van der Waals surface area contributed by atoms with E-state index in [9.17, 15) is 14.9 Å². The van der Waals surface area contributed by atoms with E-state index in [-0.39, 0.29) is 17.2 Å². The molecule has 0 spiro atoms. The number of hydrogen-bond donors (Lipinski definition) is 2. The number of hydrogen-bond acceptors (Lipinski definition) is 5. The first-order valence-electron chi connectivity index (χ1n) is 9.52. The highest BCUT2D eigenvalue weighted by Gasteiger charge is 2.25. The number of carbonyl (C=O) groups is 1. The summed E-state index contributed by atoms with van der Waals surface area (Å²) in [6.07, 6.45) is 6.29. The van der Waals surface area contributed by atoms with E-state index in [0.29, 0.717) is 24.7 Å². The van der Waals surface area contributed by atoms with Crippen molar-refractivity contribution in [1.82, 2.24) is 15.1 Å². The number of carbonyl (C=O) groups excluding carboxylic acids is 1. The van der Waals surface area contributed by atoms with Crippen LogP contribution in [0.25, 0.3) is 5.69 Å². The van der Waals surface area contributed by atoms with Gasteiger partial charge in [-0.1, -0.05) is 12.1 Å². The number of nitro groups is 1. The maximum Gasteiger partial charge on any atom is 0.293 e. The Kier molecular flexibility index (Phi) is 5.24. The normalized spacial score (nSPS) is 13.1. The molecule has 1 aliphatic carbocycles. The number of anilines is 1. The van der Waals surface area contributed by atoms with Crippen LogP contribution in [0.2, 0.25) is 0 Å². The molecule has 148 valence electrons. The van der Waals surface area contributed by atoms with Crippen molar-refractivity contribution in [3.63, 3.8) is 0 Å². The number of rotatable bonds is 8. The molecule has 8 heteroatoms. The smallest absolute Gasteiger partial charge is 0.293 e. The van der Waals surface area contributed by atoms with Crippen molar-refractivity contribution in [3.8, 4) is 5.69 Å². The Morgan fingerprint density at radius 2 is 2.00 bits per heavy atom. The number of benzene rings is 2. The Morgan fingerprint density at radius 3 is 2.66 bits per heavy atom. The van der Waals surface area contributed by atoms with E-state index in [2.05, 4.69) is 15.7 Å². The highest BCUT2D eigenvalue weighted by atomic mass is 16.6. The average Bonchev–Trinajstić information content (AvgIpc) is 3.37. The van der Waals surface area contributed by atoms with Crippen molar-refractivity contribution in [2.45, 2.75) is 25.3 Å². The van der Waals surface area contributed by atoms with Crippen LogP contribution in [0.1, 0.15) is 28.8 Å². The summed E-state index contributed by atoms with van der Waals surface area (Å²) in [4.78, 5) is 23.3. The molecule has 2 N–H and O–H groups in total. The van der Waals surface area contributed by atoms with Gasteiger partial charge in [0, 0.05) is 36.6 Å². The van der Waals surface area contributed by atoms with Gasteiger partial charge >= 0.3 is 0 Å². The molecule has 3 aromatic rings. The third-order valence-electron chi connectivity index (χ3n) is 4.80. The monoisotopic (exact) mass is 391 g/mol. The molecule has 1 amide bonds. The van der Waals surface area contributed by atoms with Crippen LogP contribution < -0.4 is 10.6 Å². The summed E-state index contributed by atoms with van der Waals surface area (Å²) in [6.45, 7) is 0.440. The second-order valence-electron chi connectivity index (χ2n) is 7.03. The van der Waals surface area contributed by atoms with Crippen LogP contribution in [0.5, 0.6) is 0 Å². The quantitative estimate of drug-likeness (QED) is 0.453. The predicted molar refractivity (Wildman–Crippen MR) is 109 cm³/mol. The van der Waals surface area contributed by atoms with Crippen LogP contribution in [-0.2, 0) is 6.42 Å². The van der Waals surface area contributed by atoms with Crippen LogP contribution in [0.15, 0.2) is 60.9 Å². The maximum atomic E-state index is 12.4. The molecular weight excluding hydrogens is 370 g/mol. The van der Waals surface area contributed by atoms with E-state index < -0.39 is 4.92 Å². The molecule has 29 heavy (non-hydrogen) atoms. The van der Waals surface area contributed by atoms with Crippen molar-refractivity contribution in [1.29, 1.82) is 0 Å². The van der Waals surface area contributed by atoms with Crippen molar-refractivity contribution < 1.29 is 9.72 Å². The molecule has 0 radical (unpaired) electrons. The SMILES string of the molecule is O=C(NCCc1ccc(-n2cccn2)cc1)c1ccc(NC2CC2)c([N+](=O)[O-])c1. The van der Waals surface area contributed by atoms with Gasteiger partial charge in [-0.3, -0.25) is 14.9 Å². The Morgan fingerprint density at radius 1 is 1.21 bits per heavy atom. The minimum absolute atomic E-state index is 0.0706. The van der Waals surface area contributed by atoms with Crippen molar-refractivity contribution >= 4 is 17.3 Å². The second-order valence-corrected chi connectivity index (χ2v) is 7.03. The first kappa shape index (κ1) is 18.7. The summed E-state index contributed by atoms with van der Waals surface area (Å²) >= 11 is 0. The van der Waals surface area contributed by atoms with Gasteiger partial charge in [-0.25, -0.2) is 4.68 Å². The molecule has 0 unspecified atom stereocenters. The van der Waals surface area contributed by atoms with Gasteiger partial charge in [-0.15, -0.1) is 0 Å². The van der Waals surface area contributed by atoms with E-state index in [1.165, 1.54) is 6.07 Å². The Hall–Kier alpha value is -3.68. The predicted octanol–water partition coefficient (Wildman–Crippen LogP) is 3.33. The maximum absolute atomic E-state index is 12.4. The summed E-state index contributed by atoms with van der Waals surface area (Å²) in [7, 11) is 0. The number of nitrogens with zero attached hydrogens (tertiary/aromatic N) is 3. The van der Waals surface area contributed by atoms with Crippen LogP contribution in [0.4, 0.5) is 11.4 Å². The molecule has 1 saturated carbocycles. The lowest BCUT2D eigenvalue weighted by Crippen LogP contribution is -2.25. The van der Waals surface area contributed by atoms with E-state index in [1.807, 2.05) is 36.5 Å². The largest absolute Gasteiger partial charge is 0.377 e. The van der Waals surface area contributed by atoms with Gasteiger partial charge in [0.1, 0.15) is 5.69 Å². The molecular formula is C21H21N5O3. The van der Waals surface area contributed by atoms with E-state index >= 15 is 0 Å². The number of amides is 1. The first-order valence-corrected chi connectivity index (χ1v) is 9.52. The number of aromatic nitrogens is 2. The van der Waals surface area contributed by atoms with Crippen molar-refractivity contribution in [2.75, 3.05) is 11.9 Å². The van der Waals surface area contributed by atoms with Gasteiger partial charge in [0.25, 0.3) is 11.6 Å². The molecule has 1 heterocycles. The third kappa shape index (κ3) is 4.60. The molecule has 0 atom stereocenters. The van der Waals surface area contributed by atoms with Crippen LogP contribution in [-0.4, -0.2) is 33.2 Å². The number of nitrogens with one attached hydrogen (secondary N) is 2. The lowest BCUT2D eigenvalue weighted by molar-refractivity contribution is -0.384. The molecule has 0 bridgehead atoms. The molecule has 1 aliphatic rings. The van der Waals surface area contributed by atoms with Gasteiger partial charge in [-0.2, -0.15) is 5.10 Å². The molecule has 2 aromatic carbocycles.